The molecule has 2 aromatic rings. The van der Waals surface area contributed by atoms with Crippen LogP contribution in [0.15, 0.2) is 60.4 Å². The van der Waals surface area contributed by atoms with E-state index in [9.17, 15) is 4.79 Å². The van der Waals surface area contributed by atoms with Crippen molar-refractivity contribution in [3.63, 3.8) is 0 Å². The number of allylic oxidation sites excluding steroid dienone is 4. The molecule has 2 unspecified atom stereocenters. The van der Waals surface area contributed by atoms with Gasteiger partial charge in [0.2, 0.25) is 0 Å². The van der Waals surface area contributed by atoms with Crippen LogP contribution in [0.5, 0.6) is 0 Å². The van der Waals surface area contributed by atoms with Crippen molar-refractivity contribution in [2.45, 2.75) is 58.5 Å². The number of carbonyl (C=O) groups is 1. The number of nitrogens with zero attached hydrogens (tertiary/aromatic N) is 5. The number of aromatic nitrogens is 2. The fraction of sp³-hybridized carbons (Fsp3) is 0.448. The summed E-state index contributed by atoms with van der Waals surface area (Å²) >= 11 is 6.58. The summed E-state index contributed by atoms with van der Waals surface area (Å²) in [6, 6.07) is 3.23. The van der Waals surface area contributed by atoms with E-state index >= 15 is 0 Å². The largest absolute Gasteiger partial charge is 0.367 e. The van der Waals surface area contributed by atoms with Gasteiger partial charge in [-0.15, -0.1) is 0 Å². The zero-order valence-electron chi connectivity index (χ0n) is 21.3. The van der Waals surface area contributed by atoms with E-state index in [1.54, 1.807) is 6.08 Å². The first-order valence-corrected chi connectivity index (χ1v) is 13.6. The lowest BCUT2D eigenvalue weighted by Crippen LogP contribution is -2.56. The van der Waals surface area contributed by atoms with Crippen molar-refractivity contribution in [3.8, 4) is 0 Å². The SMILES string of the molecule is Cc1cn2cc(C3=CC(=O)N4C=C(N5CCN(C6CCC6)C(C)C5)C=CC4=CCC3C)cc(Cl)c2n1. The molecule has 6 rings (SSSR count). The standard InChI is InChI=1S/C29H34ClN5O/c1-19-7-8-24-9-10-25(32-11-12-34(21(3)16-32)23-5-4-6-23)18-35(24)28(36)14-26(19)22-13-27(30)29-31-20(2)15-33(29)17-22/h8-10,13-15,17-19,21,23H,4-7,11-12,16H2,1-3H3. The summed E-state index contributed by atoms with van der Waals surface area (Å²) < 4.78 is 1.96. The van der Waals surface area contributed by atoms with Gasteiger partial charge in [-0.05, 0) is 68.4 Å². The van der Waals surface area contributed by atoms with E-state index in [1.165, 1.54) is 19.3 Å². The normalized spacial score (nSPS) is 25.7. The van der Waals surface area contributed by atoms with Gasteiger partial charge in [-0.2, -0.15) is 0 Å². The van der Waals surface area contributed by atoms with E-state index < -0.39 is 0 Å². The summed E-state index contributed by atoms with van der Waals surface area (Å²) in [6.45, 7) is 9.54. The molecule has 6 nitrogen and oxygen atoms in total. The van der Waals surface area contributed by atoms with E-state index in [-0.39, 0.29) is 11.8 Å². The third-order valence-electron chi connectivity index (χ3n) is 8.24. The highest BCUT2D eigenvalue weighted by Crippen LogP contribution is 2.34. The lowest BCUT2D eigenvalue weighted by atomic mass is 9.89. The minimum atomic E-state index is -0.0242. The average Bonchev–Trinajstić information content (AvgIpc) is 3.21. The van der Waals surface area contributed by atoms with Crippen LogP contribution in [0.3, 0.4) is 0 Å². The number of carbonyl (C=O) groups excluding carboxylic acids is 1. The van der Waals surface area contributed by atoms with Gasteiger partial charge in [0.25, 0.3) is 5.91 Å². The summed E-state index contributed by atoms with van der Waals surface area (Å²) in [7, 11) is 0. The number of hydrogen-bond acceptors (Lipinski definition) is 4. The Balaban J connectivity index is 1.27. The third kappa shape index (κ3) is 4.20. The van der Waals surface area contributed by atoms with Gasteiger partial charge in [0.15, 0.2) is 5.65 Å². The Morgan fingerprint density at radius 1 is 1.08 bits per heavy atom. The Hall–Kier alpha value is -2.83. The van der Waals surface area contributed by atoms with Crippen molar-refractivity contribution in [1.29, 1.82) is 0 Å². The van der Waals surface area contributed by atoms with Gasteiger partial charge >= 0.3 is 0 Å². The fourth-order valence-electron chi connectivity index (χ4n) is 5.99. The number of fused-ring (bicyclic) bond motifs is 2. The van der Waals surface area contributed by atoms with Gasteiger partial charge < -0.3 is 9.30 Å². The maximum Gasteiger partial charge on any atom is 0.255 e. The average molecular weight is 504 g/mol. The van der Waals surface area contributed by atoms with Crippen LogP contribution in [-0.2, 0) is 4.79 Å². The Morgan fingerprint density at radius 3 is 2.64 bits per heavy atom. The molecule has 1 amide bonds. The number of piperazine rings is 1. The zero-order chi connectivity index (χ0) is 25.0. The summed E-state index contributed by atoms with van der Waals surface area (Å²) in [5.74, 6) is 0.157. The van der Waals surface area contributed by atoms with Crippen molar-refractivity contribution in [3.05, 3.63) is 76.6 Å². The lowest BCUT2D eigenvalue weighted by molar-refractivity contribution is -0.122. The van der Waals surface area contributed by atoms with Gasteiger partial charge in [-0.25, -0.2) is 4.98 Å². The van der Waals surface area contributed by atoms with E-state index in [0.29, 0.717) is 11.1 Å². The van der Waals surface area contributed by atoms with Crippen molar-refractivity contribution in [1.82, 2.24) is 24.1 Å². The van der Waals surface area contributed by atoms with Crippen LogP contribution in [0.4, 0.5) is 0 Å². The molecule has 1 saturated heterocycles. The number of amides is 1. The first-order chi connectivity index (χ1) is 17.4. The minimum absolute atomic E-state index is 0.0242. The molecule has 7 heteroatoms. The number of pyridine rings is 1. The van der Waals surface area contributed by atoms with Crippen LogP contribution in [0, 0.1) is 12.8 Å². The highest BCUT2D eigenvalue weighted by atomic mass is 35.5. The first kappa shape index (κ1) is 23.6. The van der Waals surface area contributed by atoms with Crippen LogP contribution in [0.2, 0.25) is 5.02 Å². The highest BCUT2D eigenvalue weighted by Gasteiger charge is 2.33. The number of hydrogen-bond donors (Lipinski definition) is 0. The first-order valence-electron chi connectivity index (χ1n) is 13.2. The smallest absolute Gasteiger partial charge is 0.255 e. The summed E-state index contributed by atoms with van der Waals surface area (Å²) in [5.41, 5.74) is 5.68. The van der Waals surface area contributed by atoms with Gasteiger partial charge in [0.1, 0.15) is 0 Å². The van der Waals surface area contributed by atoms with Crippen molar-refractivity contribution < 1.29 is 4.79 Å². The molecule has 36 heavy (non-hydrogen) atoms. The Labute approximate surface area is 218 Å². The summed E-state index contributed by atoms with van der Waals surface area (Å²) in [5, 5.41) is 0.595. The lowest BCUT2D eigenvalue weighted by Gasteiger charge is -2.48. The molecular formula is C29H34ClN5O. The highest BCUT2D eigenvalue weighted by molar-refractivity contribution is 6.33. The minimum Gasteiger partial charge on any atom is -0.367 e. The fourth-order valence-corrected chi connectivity index (χ4v) is 6.24. The maximum atomic E-state index is 13.6. The molecule has 4 aliphatic rings. The van der Waals surface area contributed by atoms with E-state index in [2.05, 4.69) is 46.9 Å². The Morgan fingerprint density at radius 2 is 1.89 bits per heavy atom. The molecule has 0 spiro atoms. The molecule has 0 N–H and O–H groups in total. The van der Waals surface area contributed by atoms with Crippen LogP contribution >= 0.6 is 11.6 Å². The van der Waals surface area contributed by atoms with Gasteiger partial charge in [0, 0.05) is 62.1 Å². The molecule has 2 aromatic heterocycles. The molecule has 1 aliphatic carbocycles. The van der Waals surface area contributed by atoms with Crippen LogP contribution in [0.1, 0.15) is 50.8 Å². The van der Waals surface area contributed by atoms with Crippen LogP contribution < -0.4 is 0 Å². The number of halogens is 1. The van der Waals surface area contributed by atoms with Gasteiger partial charge in [-0.1, -0.05) is 31.0 Å². The molecule has 0 bridgehead atoms. The Kier molecular flexibility index (Phi) is 6.05. The van der Waals surface area contributed by atoms with Gasteiger partial charge in [0.05, 0.1) is 16.4 Å². The topological polar surface area (TPSA) is 44.1 Å². The maximum absolute atomic E-state index is 13.6. The summed E-state index contributed by atoms with van der Waals surface area (Å²) in [6.07, 6.45) is 19.2. The molecule has 1 saturated carbocycles. The molecule has 3 aliphatic heterocycles. The molecule has 2 atom stereocenters. The van der Waals surface area contributed by atoms with Gasteiger partial charge in [-0.3, -0.25) is 14.6 Å². The zero-order valence-corrected chi connectivity index (χ0v) is 22.1. The van der Waals surface area contributed by atoms with E-state index in [0.717, 1.165) is 66.0 Å². The van der Waals surface area contributed by atoms with E-state index in [4.69, 9.17) is 11.6 Å². The quantitative estimate of drug-likeness (QED) is 0.562. The molecule has 5 heterocycles. The van der Waals surface area contributed by atoms with E-state index in [1.807, 2.05) is 40.9 Å². The molecule has 0 radical (unpaired) electrons. The second-order valence-corrected chi connectivity index (χ2v) is 11.2. The predicted octanol–water partition coefficient (Wildman–Crippen LogP) is 5.40. The van der Waals surface area contributed by atoms with Crippen LogP contribution in [-0.4, -0.2) is 61.7 Å². The second kappa shape index (κ2) is 9.24. The Bertz CT molecular complexity index is 1330. The molecule has 188 valence electrons. The number of imidazole rings is 1. The summed E-state index contributed by atoms with van der Waals surface area (Å²) in [4.78, 5) is 25.0. The van der Waals surface area contributed by atoms with Crippen molar-refractivity contribution in [2.75, 3.05) is 19.6 Å². The van der Waals surface area contributed by atoms with Crippen molar-refractivity contribution >= 4 is 28.7 Å². The molecular weight excluding hydrogens is 470 g/mol. The predicted molar refractivity (Wildman–Crippen MR) is 144 cm³/mol. The molecule has 2 fully saturated rings. The third-order valence-corrected chi connectivity index (χ3v) is 8.52. The van der Waals surface area contributed by atoms with Crippen molar-refractivity contribution in [2.24, 2.45) is 5.92 Å². The number of aryl methyl sites for hydroxylation is 1. The second-order valence-electron chi connectivity index (χ2n) is 10.8. The molecule has 0 aromatic carbocycles. The number of rotatable bonds is 3. The van der Waals surface area contributed by atoms with Crippen LogP contribution in [0.25, 0.3) is 11.2 Å². The monoisotopic (exact) mass is 503 g/mol.